The fraction of sp³-hybridized carbons (Fsp3) is 0.222. The molecule has 0 radical (unpaired) electrons. The summed E-state index contributed by atoms with van der Waals surface area (Å²) in [6.45, 7) is 2.23. The number of nitrogen functional groups attached to an aromatic ring is 1. The smallest absolute Gasteiger partial charge is 0.233 e. The predicted octanol–water partition coefficient (Wildman–Crippen LogP) is 1.86. The number of aromatic nitrogens is 4. The van der Waals surface area contributed by atoms with Gasteiger partial charge in [-0.3, -0.25) is 9.78 Å². The zero-order valence-electron chi connectivity index (χ0n) is 15.0. The molecule has 0 spiro atoms. The van der Waals surface area contributed by atoms with E-state index >= 15 is 0 Å². The monoisotopic (exact) mass is 384 g/mol. The molecule has 3 aromatic rings. The molecule has 0 bridgehead atoms. The quantitative estimate of drug-likeness (QED) is 0.473. The zero-order chi connectivity index (χ0) is 19.2. The Morgan fingerprint density at radius 2 is 2.07 bits per heavy atom. The summed E-state index contributed by atoms with van der Waals surface area (Å²) in [6.07, 6.45) is 3.33. The number of carbonyl (C=O) groups excluding carboxylic acids is 1. The lowest BCUT2D eigenvalue weighted by Gasteiger charge is -2.12. The molecule has 3 rings (SSSR count). The van der Waals surface area contributed by atoms with Gasteiger partial charge in [-0.2, -0.15) is 0 Å². The molecule has 27 heavy (non-hydrogen) atoms. The molecule has 9 heteroatoms. The number of amides is 1. The van der Waals surface area contributed by atoms with Crippen molar-refractivity contribution in [2.75, 3.05) is 13.0 Å². The van der Waals surface area contributed by atoms with E-state index in [1.54, 1.807) is 32.5 Å². The van der Waals surface area contributed by atoms with Crippen LogP contribution in [0.5, 0.6) is 5.75 Å². The minimum Gasteiger partial charge on any atom is -0.497 e. The van der Waals surface area contributed by atoms with E-state index in [1.807, 2.05) is 30.3 Å². The lowest BCUT2D eigenvalue weighted by molar-refractivity contribution is -0.120. The number of nitrogens with two attached hydrogens (primary N) is 1. The van der Waals surface area contributed by atoms with Gasteiger partial charge in [0.2, 0.25) is 11.1 Å². The average Bonchev–Trinajstić information content (AvgIpc) is 3.07. The van der Waals surface area contributed by atoms with Gasteiger partial charge in [0.15, 0.2) is 5.82 Å². The first-order valence-electron chi connectivity index (χ1n) is 8.26. The van der Waals surface area contributed by atoms with Crippen LogP contribution in [-0.2, 0) is 11.3 Å². The number of thioether (sulfide) groups is 1. The predicted molar refractivity (Wildman–Crippen MR) is 104 cm³/mol. The normalized spacial score (nSPS) is 11.8. The molecular formula is C18H20N6O2S. The Balaban J connectivity index is 1.59. The number of nitrogens with one attached hydrogen (secondary N) is 1. The molecular weight excluding hydrogens is 364 g/mol. The van der Waals surface area contributed by atoms with E-state index in [0.29, 0.717) is 17.5 Å². The lowest BCUT2D eigenvalue weighted by atomic mass is 10.2. The van der Waals surface area contributed by atoms with Crippen LogP contribution in [0.1, 0.15) is 12.5 Å². The summed E-state index contributed by atoms with van der Waals surface area (Å²) < 4.78 is 6.49. The van der Waals surface area contributed by atoms with Crippen LogP contribution < -0.4 is 15.9 Å². The number of rotatable bonds is 7. The second-order valence-electron chi connectivity index (χ2n) is 5.74. The van der Waals surface area contributed by atoms with Gasteiger partial charge in [-0.05, 0) is 36.8 Å². The average molecular weight is 384 g/mol. The third kappa shape index (κ3) is 4.56. The van der Waals surface area contributed by atoms with E-state index in [4.69, 9.17) is 10.6 Å². The largest absolute Gasteiger partial charge is 0.497 e. The fourth-order valence-corrected chi connectivity index (χ4v) is 3.13. The number of ether oxygens (including phenoxy) is 1. The minimum atomic E-state index is -0.378. The number of pyridine rings is 1. The van der Waals surface area contributed by atoms with Crippen molar-refractivity contribution >= 4 is 17.7 Å². The van der Waals surface area contributed by atoms with E-state index in [0.717, 1.165) is 16.9 Å². The van der Waals surface area contributed by atoms with E-state index < -0.39 is 0 Å². The number of benzene rings is 1. The molecule has 0 aliphatic rings. The van der Waals surface area contributed by atoms with Crippen molar-refractivity contribution in [3.63, 3.8) is 0 Å². The summed E-state index contributed by atoms with van der Waals surface area (Å²) >= 11 is 1.25. The van der Waals surface area contributed by atoms with Crippen LogP contribution in [-0.4, -0.2) is 38.1 Å². The highest BCUT2D eigenvalue weighted by Gasteiger charge is 2.19. The van der Waals surface area contributed by atoms with Crippen LogP contribution in [0.4, 0.5) is 0 Å². The van der Waals surface area contributed by atoms with Crippen molar-refractivity contribution < 1.29 is 9.53 Å². The molecule has 0 saturated carbocycles. The van der Waals surface area contributed by atoms with Crippen molar-refractivity contribution in [2.24, 2.45) is 0 Å². The second-order valence-corrected chi connectivity index (χ2v) is 7.05. The Labute approximate surface area is 161 Å². The van der Waals surface area contributed by atoms with Crippen molar-refractivity contribution in [3.05, 3.63) is 54.4 Å². The van der Waals surface area contributed by atoms with Crippen molar-refractivity contribution in [2.45, 2.75) is 23.9 Å². The number of hydrogen-bond acceptors (Lipinski definition) is 7. The van der Waals surface area contributed by atoms with Gasteiger partial charge in [0.05, 0.1) is 12.4 Å². The van der Waals surface area contributed by atoms with Crippen LogP contribution in [0.3, 0.4) is 0 Å². The van der Waals surface area contributed by atoms with Crippen LogP contribution in [0.2, 0.25) is 0 Å². The Kier molecular flexibility index (Phi) is 5.92. The Morgan fingerprint density at radius 3 is 2.74 bits per heavy atom. The molecule has 1 amide bonds. The Morgan fingerprint density at radius 1 is 1.30 bits per heavy atom. The highest BCUT2D eigenvalue weighted by molar-refractivity contribution is 8.00. The lowest BCUT2D eigenvalue weighted by Crippen LogP contribution is -2.30. The standard InChI is InChI=1S/C18H20N6O2S/c1-12(17(25)21-10-13-5-7-15(26-2)8-6-13)27-18-23-22-16(24(18)19)14-4-3-9-20-11-14/h3-9,11-12H,10,19H2,1-2H3,(H,21,25)/t12-/m1/s1. The first-order chi connectivity index (χ1) is 13.1. The van der Waals surface area contributed by atoms with E-state index in [9.17, 15) is 4.79 Å². The highest BCUT2D eigenvalue weighted by atomic mass is 32.2. The summed E-state index contributed by atoms with van der Waals surface area (Å²) in [7, 11) is 1.62. The van der Waals surface area contributed by atoms with Gasteiger partial charge >= 0.3 is 0 Å². The van der Waals surface area contributed by atoms with Gasteiger partial charge in [-0.15, -0.1) is 10.2 Å². The van der Waals surface area contributed by atoms with Crippen LogP contribution in [0.15, 0.2) is 53.9 Å². The topological polar surface area (TPSA) is 108 Å². The maximum atomic E-state index is 12.4. The van der Waals surface area contributed by atoms with Gasteiger partial charge in [-0.1, -0.05) is 23.9 Å². The summed E-state index contributed by atoms with van der Waals surface area (Å²) in [5.74, 6) is 7.24. The number of hydrogen-bond donors (Lipinski definition) is 2. The van der Waals surface area contributed by atoms with Gasteiger partial charge in [0.25, 0.3) is 0 Å². The SMILES string of the molecule is COc1ccc(CNC(=O)[C@@H](C)Sc2nnc(-c3cccnc3)n2N)cc1. The summed E-state index contributed by atoms with van der Waals surface area (Å²) in [5.41, 5.74) is 1.75. The number of nitrogens with zero attached hydrogens (tertiary/aromatic N) is 4. The third-order valence-corrected chi connectivity index (χ3v) is 4.92. The second kappa shape index (κ2) is 8.54. The van der Waals surface area contributed by atoms with Crippen LogP contribution in [0.25, 0.3) is 11.4 Å². The first-order valence-corrected chi connectivity index (χ1v) is 9.14. The molecule has 0 saturated heterocycles. The van der Waals surface area contributed by atoms with Crippen LogP contribution >= 0.6 is 11.8 Å². The summed E-state index contributed by atoms with van der Waals surface area (Å²) in [6, 6.07) is 11.2. The Bertz CT molecular complexity index is 898. The first kappa shape index (κ1) is 18.7. The molecule has 140 valence electrons. The molecule has 0 unspecified atom stereocenters. The van der Waals surface area contributed by atoms with E-state index in [1.165, 1.54) is 16.4 Å². The van der Waals surface area contributed by atoms with Crippen molar-refractivity contribution in [1.29, 1.82) is 0 Å². The molecule has 0 aliphatic carbocycles. The molecule has 1 aromatic carbocycles. The Hall–Kier alpha value is -3.07. The van der Waals surface area contributed by atoms with Crippen molar-refractivity contribution in [1.82, 2.24) is 25.2 Å². The maximum Gasteiger partial charge on any atom is 0.233 e. The fourth-order valence-electron chi connectivity index (χ4n) is 2.34. The number of carbonyl (C=O) groups is 1. The highest BCUT2D eigenvalue weighted by Crippen LogP contribution is 2.24. The summed E-state index contributed by atoms with van der Waals surface area (Å²) in [5, 5.41) is 11.2. The maximum absolute atomic E-state index is 12.4. The molecule has 2 heterocycles. The third-order valence-electron chi connectivity index (χ3n) is 3.86. The van der Waals surface area contributed by atoms with Crippen molar-refractivity contribution in [3.8, 4) is 17.1 Å². The van der Waals surface area contributed by atoms with Gasteiger partial charge in [0, 0.05) is 24.5 Å². The molecule has 0 aliphatic heterocycles. The van der Waals surface area contributed by atoms with E-state index in [-0.39, 0.29) is 11.2 Å². The molecule has 1 atom stereocenters. The minimum absolute atomic E-state index is 0.109. The zero-order valence-corrected chi connectivity index (χ0v) is 15.8. The molecule has 0 fully saturated rings. The van der Waals surface area contributed by atoms with Crippen LogP contribution in [0, 0.1) is 0 Å². The van der Waals surface area contributed by atoms with E-state index in [2.05, 4.69) is 20.5 Å². The van der Waals surface area contributed by atoms with Gasteiger partial charge < -0.3 is 15.9 Å². The molecule has 8 nitrogen and oxygen atoms in total. The number of methoxy groups -OCH3 is 1. The molecule has 3 N–H and O–H groups in total. The summed E-state index contributed by atoms with van der Waals surface area (Å²) in [4.78, 5) is 16.4. The molecule has 2 aromatic heterocycles. The van der Waals surface area contributed by atoms with Gasteiger partial charge in [-0.25, -0.2) is 4.68 Å². The van der Waals surface area contributed by atoms with Gasteiger partial charge in [0.1, 0.15) is 5.75 Å².